The molecule has 5 heteroatoms. The van der Waals surface area contributed by atoms with Crippen LogP contribution in [-0.2, 0) is 0 Å². The maximum Gasteiger partial charge on any atom is 0.161 e. The van der Waals surface area contributed by atoms with Crippen molar-refractivity contribution in [2.75, 3.05) is 0 Å². The highest BCUT2D eigenvalue weighted by molar-refractivity contribution is 7.25. The standard InChI is InChI=1S/C51H31N3OS/c1-2-13-33(14-3-1)43-31-44(54-51(53-43)39-16-5-4-15-36(39)42-20-10-11-30-52-42)34-26-24-32(25-27-34)35-28-29-38(49-40-17-6-8-21-45(40)55-50(35)49)37-19-12-23-47-48(37)41-18-7-9-22-46(41)56-47/h1-31H. The molecule has 4 heterocycles. The fourth-order valence-corrected chi connectivity index (χ4v) is 9.13. The number of hydrogen-bond acceptors (Lipinski definition) is 5. The molecule has 0 aliphatic carbocycles. The van der Waals surface area contributed by atoms with Crippen molar-refractivity contribution in [3.8, 4) is 67.4 Å². The molecule has 0 aliphatic heterocycles. The van der Waals surface area contributed by atoms with Gasteiger partial charge in [0.2, 0.25) is 0 Å². The van der Waals surface area contributed by atoms with Gasteiger partial charge in [0, 0.05) is 65.0 Å². The second kappa shape index (κ2) is 13.3. The van der Waals surface area contributed by atoms with Crippen LogP contribution in [0.3, 0.4) is 0 Å². The van der Waals surface area contributed by atoms with Crippen molar-refractivity contribution >= 4 is 53.4 Å². The molecule has 0 unspecified atom stereocenters. The van der Waals surface area contributed by atoms with Crippen LogP contribution in [-0.4, -0.2) is 15.0 Å². The molecule has 0 saturated carbocycles. The maximum atomic E-state index is 6.75. The third kappa shape index (κ3) is 5.40. The molecule has 11 rings (SSSR count). The molecule has 0 fully saturated rings. The first kappa shape index (κ1) is 32.2. The first-order chi connectivity index (χ1) is 27.8. The largest absolute Gasteiger partial charge is 0.455 e. The number of fused-ring (bicyclic) bond motifs is 6. The van der Waals surface area contributed by atoms with Gasteiger partial charge in [0.15, 0.2) is 5.82 Å². The molecule has 0 spiro atoms. The molecule has 11 aromatic rings. The molecular formula is C51H31N3OS. The predicted octanol–water partition coefficient (Wildman–Crippen LogP) is 14.1. The van der Waals surface area contributed by atoms with Gasteiger partial charge in [0.05, 0.1) is 17.1 Å². The van der Waals surface area contributed by atoms with Crippen LogP contribution in [0.15, 0.2) is 193 Å². The van der Waals surface area contributed by atoms with Crippen LogP contribution in [0.5, 0.6) is 0 Å². The van der Waals surface area contributed by atoms with E-state index in [9.17, 15) is 0 Å². The quantitative estimate of drug-likeness (QED) is 0.171. The minimum Gasteiger partial charge on any atom is -0.455 e. The number of furan rings is 1. The fraction of sp³-hybridized carbons (Fsp3) is 0. The molecular weight excluding hydrogens is 703 g/mol. The number of rotatable bonds is 6. The van der Waals surface area contributed by atoms with Crippen LogP contribution < -0.4 is 0 Å². The zero-order valence-electron chi connectivity index (χ0n) is 30.1. The molecule has 0 atom stereocenters. The van der Waals surface area contributed by atoms with Gasteiger partial charge in [-0.2, -0.15) is 0 Å². The average Bonchev–Trinajstić information content (AvgIpc) is 3.86. The van der Waals surface area contributed by atoms with Crippen molar-refractivity contribution in [2.24, 2.45) is 0 Å². The van der Waals surface area contributed by atoms with E-state index in [1.54, 1.807) is 0 Å². The van der Waals surface area contributed by atoms with Crippen molar-refractivity contribution < 1.29 is 4.42 Å². The summed E-state index contributed by atoms with van der Waals surface area (Å²) in [6.45, 7) is 0. The molecule has 0 N–H and O–H groups in total. The van der Waals surface area contributed by atoms with Crippen molar-refractivity contribution in [3.05, 3.63) is 188 Å². The number of para-hydroxylation sites is 1. The highest BCUT2D eigenvalue weighted by atomic mass is 32.1. The summed E-state index contributed by atoms with van der Waals surface area (Å²) in [5.41, 5.74) is 12.8. The van der Waals surface area contributed by atoms with Crippen LogP contribution in [0.4, 0.5) is 0 Å². The lowest BCUT2D eigenvalue weighted by Crippen LogP contribution is -1.98. The predicted molar refractivity (Wildman–Crippen MR) is 233 cm³/mol. The van der Waals surface area contributed by atoms with Crippen LogP contribution >= 0.6 is 11.3 Å². The molecule has 0 amide bonds. The number of hydrogen-bond donors (Lipinski definition) is 0. The Bertz CT molecular complexity index is 3240. The summed E-state index contributed by atoms with van der Waals surface area (Å²) < 4.78 is 9.33. The van der Waals surface area contributed by atoms with E-state index in [-0.39, 0.29) is 0 Å². The Kier molecular flexibility index (Phi) is 7.64. The minimum atomic E-state index is 0.652. The van der Waals surface area contributed by atoms with Gasteiger partial charge in [0.1, 0.15) is 11.2 Å². The summed E-state index contributed by atoms with van der Waals surface area (Å²) in [5.74, 6) is 0.652. The van der Waals surface area contributed by atoms with Crippen molar-refractivity contribution in [2.45, 2.75) is 0 Å². The molecule has 0 bridgehead atoms. The van der Waals surface area contributed by atoms with Crippen LogP contribution in [0.2, 0.25) is 0 Å². The SMILES string of the molecule is c1ccc(-c2cc(-c3ccc(-c4ccc(-c5cccc6sc7ccccc7c56)c5c4oc4ccccc45)cc3)nc(-c3ccccc3-c3ccccn3)n2)cc1. The van der Waals surface area contributed by atoms with Gasteiger partial charge in [-0.15, -0.1) is 11.3 Å². The van der Waals surface area contributed by atoms with Crippen molar-refractivity contribution in [3.63, 3.8) is 0 Å². The normalized spacial score (nSPS) is 11.6. The monoisotopic (exact) mass is 733 g/mol. The Morgan fingerprint density at radius 1 is 0.393 bits per heavy atom. The van der Waals surface area contributed by atoms with E-state index in [1.807, 2.05) is 72.1 Å². The van der Waals surface area contributed by atoms with E-state index in [4.69, 9.17) is 14.4 Å². The van der Waals surface area contributed by atoms with E-state index in [0.29, 0.717) is 5.82 Å². The first-order valence-electron chi connectivity index (χ1n) is 18.7. The van der Waals surface area contributed by atoms with Gasteiger partial charge in [-0.1, -0.05) is 140 Å². The minimum absolute atomic E-state index is 0.652. The Labute approximate surface area is 327 Å². The number of benzene rings is 7. The molecule has 7 aromatic carbocycles. The number of aromatic nitrogens is 3. The Hall–Kier alpha value is -7.21. The summed E-state index contributed by atoms with van der Waals surface area (Å²) in [6.07, 6.45) is 1.82. The van der Waals surface area contributed by atoms with Gasteiger partial charge >= 0.3 is 0 Å². The first-order valence-corrected chi connectivity index (χ1v) is 19.5. The number of nitrogens with zero attached hydrogens (tertiary/aromatic N) is 3. The summed E-state index contributed by atoms with van der Waals surface area (Å²) in [5, 5.41) is 4.82. The van der Waals surface area contributed by atoms with E-state index in [1.165, 1.54) is 31.3 Å². The smallest absolute Gasteiger partial charge is 0.161 e. The Morgan fingerprint density at radius 3 is 1.84 bits per heavy atom. The number of thiophene rings is 1. The van der Waals surface area contributed by atoms with Gasteiger partial charge in [-0.05, 0) is 59.2 Å². The lowest BCUT2D eigenvalue weighted by atomic mass is 9.92. The molecule has 0 radical (unpaired) electrons. The van der Waals surface area contributed by atoms with Crippen molar-refractivity contribution in [1.29, 1.82) is 0 Å². The van der Waals surface area contributed by atoms with Crippen LogP contribution in [0, 0.1) is 0 Å². The molecule has 4 nitrogen and oxygen atoms in total. The van der Waals surface area contributed by atoms with Gasteiger partial charge in [-0.25, -0.2) is 9.97 Å². The van der Waals surface area contributed by atoms with Gasteiger partial charge in [0.25, 0.3) is 0 Å². The Balaban J connectivity index is 1.05. The van der Waals surface area contributed by atoms with Gasteiger partial charge in [-0.3, -0.25) is 4.98 Å². The molecule has 262 valence electrons. The maximum absolute atomic E-state index is 6.75. The third-order valence-corrected chi connectivity index (χ3v) is 11.8. The zero-order valence-corrected chi connectivity index (χ0v) is 30.9. The summed E-state index contributed by atoms with van der Waals surface area (Å²) in [7, 11) is 0. The summed E-state index contributed by atoms with van der Waals surface area (Å²) in [4.78, 5) is 15.0. The van der Waals surface area contributed by atoms with Crippen LogP contribution in [0.25, 0.3) is 110 Å². The fourth-order valence-electron chi connectivity index (χ4n) is 8.00. The van der Waals surface area contributed by atoms with Crippen LogP contribution in [0.1, 0.15) is 0 Å². The van der Waals surface area contributed by atoms with E-state index < -0.39 is 0 Å². The molecule has 0 aliphatic rings. The van der Waals surface area contributed by atoms with Crippen molar-refractivity contribution in [1.82, 2.24) is 15.0 Å². The lowest BCUT2D eigenvalue weighted by molar-refractivity contribution is 0.670. The highest BCUT2D eigenvalue weighted by Crippen LogP contribution is 2.46. The van der Waals surface area contributed by atoms with E-state index >= 15 is 0 Å². The summed E-state index contributed by atoms with van der Waals surface area (Å²) >= 11 is 1.84. The second-order valence-corrected chi connectivity index (χ2v) is 15.0. The topological polar surface area (TPSA) is 51.8 Å². The lowest BCUT2D eigenvalue weighted by Gasteiger charge is -2.13. The van der Waals surface area contributed by atoms with E-state index in [0.717, 1.165) is 72.4 Å². The van der Waals surface area contributed by atoms with E-state index in [2.05, 4.69) is 132 Å². The Morgan fingerprint density at radius 2 is 1.02 bits per heavy atom. The third-order valence-electron chi connectivity index (χ3n) is 10.6. The number of pyridine rings is 1. The molecule has 4 aromatic heterocycles. The highest BCUT2D eigenvalue weighted by Gasteiger charge is 2.20. The average molecular weight is 734 g/mol. The van der Waals surface area contributed by atoms with Gasteiger partial charge < -0.3 is 4.42 Å². The molecule has 0 saturated heterocycles. The second-order valence-electron chi connectivity index (χ2n) is 13.9. The molecule has 56 heavy (non-hydrogen) atoms. The zero-order chi connectivity index (χ0) is 37.0. The summed E-state index contributed by atoms with van der Waals surface area (Å²) in [6, 6.07) is 63.4.